The Morgan fingerprint density at radius 1 is 1.31 bits per heavy atom. The Kier molecular flexibility index (Phi) is 6.91. The number of Topliss-reactive ketones (excluding diaryl/α,β-unsaturated/α-hetero) is 1. The van der Waals surface area contributed by atoms with Crippen LogP contribution in [0.5, 0.6) is 0 Å². The highest BCUT2D eigenvalue weighted by Gasteiger charge is 2.69. The van der Waals surface area contributed by atoms with Gasteiger partial charge in [-0.2, -0.15) is 0 Å². The van der Waals surface area contributed by atoms with E-state index in [1.54, 1.807) is 0 Å². The molecule has 6 unspecified atom stereocenters. The molecule has 1 heterocycles. The topological polar surface area (TPSA) is 88.2 Å². The Hall–Kier alpha value is -0.790. The van der Waals surface area contributed by atoms with Crippen molar-refractivity contribution in [3.8, 4) is 0 Å². The molecule has 3 fully saturated rings. The van der Waals surface area contributed by atoms with Gasteiger partial charge in [-0.25, -0.2) is 0 Å². The van der Waals surface area contributed by atoms with Crippen LogP contribution in [-0.2, 0) is 19.1 Å². The lowest BCUT2D eigenvalue weighted by Crippen LogP contribution is -2.62. The standard InChI is InChI=1S/C22H34ClNO5/c1-13(2)8-9-17-21(3,29-17)19-18(28-4)15(10-11-22(19,27)20(23)26)16(25)12-24-14-6-5-7-14/h8,14-15,17-19,24,27H,5-7,9-12H2,1-4H3. The molecule has 2 aliphatic carbocycles. The zero-order chi connectivity index (χ0) is 21.4. The van der Waals surface area contributed by atoms with Gasteiger partial charge in [-0.15, -0.1) is 0 Å². The summed E-state index contributed by atoms with van der Waals surface area (Å²) >= 11 is 5.87. The number of hydrogen-bond donors (Lipinski definition) is 2. The smallest absolute Gasteiger partial charge is 0.253 e. The maximum Gasteiger partial charge on any atom is 0.253 e. The minimum atomic E-state index is -1.77. The molecule has 1 saturated heterocycles. The first-order chi connectivity index (χ1) is 13.6. The van der Waals surface area contributed by atoms with E-state index < -0.39 is 34.4 Å². The van der Waals surface area contributed by atoms with Gasteiger partial charge in [0, 0.05) is 19.1 Å². The van der Waals surface area contributed by atoms with Crippen LogP contribution in [0.3, 0.4) is 0 Å². The number of aliphatic hydroxyl groups is 1. The highest BCUT2D eigenvalue weighted by Crippen LogP contribution is 2.56. The molecule has 164 valence electrons. The summed E-state index contributed by atoms with van der Waals surface area (Å²) in [6, 6.07) is 0.415. The van der Waals surface area contributed by atoms with E-state index in [9.17, 15) is 14.7 Å². The number of allylic oxidation sites excluding steroid dienone is 1. The molecule has 0 spiro atoms. The summed E-state index contributed by atoms with van der Waals surface area (Å²) in [5, 5.41) is 13.8. The first kappa shape index (κ1) is 22.9. The number of halogens is 1. The van der Waals surface area contributed by atoms with Crippen LogP contribution in [0.4, 0.5) is 0 Å². The lowest BCUT2D eigenvalue weighted by atomic mass is 9.62. The second kappa shape index (κ2) is 8.75. The lowest BCUT2D eigenvalue weighted by Gasteiger charge is -2.47. The van der Waals surface area contributed by atoms with Crippen LogP contribution in [0.1, 0.15) is 59.3 Å². The van der Waals surface area contributed by atoms with Crippen LogP contribution in [0.25, 0.3) is 0 Å². The fourth-order valence-corrected chi connectivity index (χ4v) is 5.24. The van der Waals surface area contributed by atoms with Gasteiger partial charge in [-0.05, 0) is 64.5 Å². The van der Waals surface area contributed by atoms with Crippen molar-refractivity contribution in [3.63, 3.8) is 0 Å². The van der Waals surface area contributed by atoms with E-state index in [0.29, 0.717) is 18.9 Å². The number of ketones is 1. The molecule has 3 aliphatic rings. The number of rotatable bonds is 9. The van der Waals surface area contributed by atoms with Crippen molar-refractivity contribution in [3.05, 3.63) is 11.6 Å². The summed E-state index contributed by atoms with van der Waals surface area (Å²) in [5.41, 5.74) is -1.37. The Morgan fingerprint density at radius 2 is 2.00 bits per heavy atom. The van der Waals surface area contributed by atoms with Crippen LogP contribution in [0.15, 0.2) is 11.6 Å². The molecule has 29 heavy (non-hydrogen) atoms. The molecule has 6 nitrogen and oxygen atoms in total. The minimum absolute atomic E-state index is 0.0583. The molecular weight excluding hydrogens is 394 g/mol. The summed E-state index contributed by atoms with van der Waals surface area (Å²) in [7, 11) is 1.53. The predicted octanol–water partition coefficient (Wildman–Crippen LogP) is 2.75. The third kappa shape index (κ3) is 4.47. The van der Waals surface area contributed by atoms with Gasteiger partial charge >= 0.3 is 0 Å². The predicted molar refractivity (Wildman–Crippen MR) is 111 cm³/mol. The minimum Gasteiger partial charge on any atom is -0.380 e. The summed E-state index contributed by atoms with van der Waals surface area (Å²) in [4.78, 5) is 25.3. The van der Waals surface area contributed by atoms with Gasteiger partial charge in [0.25, 0.3) is 5.24 Å². The van der Waals surface area contributed by atoms with Crippen molar-refractivity contribution in [2.75, 3.05) is 13.7 Å². The van der Waals surface area contributed by atoms with Crippen LogP contribution >= 0.6 is 11.6 Å². The molecule has 0 aromatic heterocycles. The average molecular weight is 428 g/mol. The van der Waals surface area contributed by atoms with Crippen molar-refractivity contribution in [2.45, 2.75) is 88.7 Å². The molecule has 7 heteroatoms. The van der Waals surface area contributed by atoms with E-state index in [-0.39, 0.29) is 24.9 Å². The van der Waals surface area contributed by atoms with Crippen molar-refractivity contribution >= 4 is 22.6 Å². The largest absolute Gasteiger partial charge is 0.380 e. The Labute approximate surface area is 178 Å². The molecule has 6 atom stereocenters. The molecule has 2 N–H and O–H groups in total. The van der Waals surface area contributed by atoms with Crippen LogP contribution in [-0.4, -0.2) is 59.2 Å². The molecule has 0 aromatic rings. The first-order valence-corrected chi connectivity index (χ1v) is 11.0. The second-order valence-electron chi connectivity index (χ2n) is 9.30. The molecule has 0 bridgehead atoms. The second-order valence-corrected chi connectivity index (χ2v) is 9.65. The summed E-state index contributed by atoms with van der Waals surface area (Å²) in [6.45, 7) is 6.20. The number of nitrogens with one attached hydrogen (secondary N) is 1. The Balaban J connectivity index is 1.81. The van der Waals surface area contributed by atoms with Gasteiger partial charge in [-0.1, -0.05) is 18.1 Å². The number of carbonyl (C=O) groups excluding carboxylic acids is 2. The quantitative estimate of drug-likeness (QED) is 0.334. The first-order valence-electron chi connectivity index (χ1n) is 10.7. The van der Waals surface area contributed by atoms with Gasteiger partial charge in [0.15, 0.2) is 5.78 Å². The number of ether oxygens (including phenoxy) is 2. The van der Waals surface area contributed by atoms with Gasteiger partial charge < -0.3 is 19.9 Å². The maximum atomic E-state index is 13.0. The van der Waals surface area contributed by atoms with Crippen LogP contribution < -0.4 is 5.32 Å². The normalized spacial score (nSPS) is 39.5. The van der Waals surface area contributed by atoms with Crippen LogP contribution in [0, 0.1) is 11.8 Å². The number of methoxy groups -OCH3 is 1. The van der Waals surface area contributed by atoms with Crippen molar-refractivity contribution in [1.82, 2.24) is 5.32 Å². The van der Waals surface area contributed by atoms with Crippen molar-refractivity contribution < 1.29 is 24.2 Å². The highest BCUT2D eigenvalue weighted by molar-refractivity contribution is 6.65. The number of carbonyl (C=O) groups is 2. The maximum absolute atomic E-state index is 13.0. The lowest BCUT2D eigenvalue weighted by molar-refractivity contribution is -0.174. The zero-order valence-corrected chi connectivity index (χ0v) is 18.6. The molecule has 0 amide bonds. The molecule has 2 saturated carbocycles. The zero-order valence-electron chi connectivity index (χ0n) is 17.9. The molecule has 0 aromatic carbocycles. The Morgan fingerprint density at radius 3 is 2.52 bits per heavy atom. The number of hydrogen-bond acceptors (Lipinski definition) is 6. The SMILES string of the molecule is COC1C(C(=O)CNC2CCC2)CCC(O)(C(=O)Cl)C1C1(C)OC1CC=C(C)C. The van der Waals surface area contributed by atoms with Gasteiger partial charge in [-0.3, -0.25) is 9.59 Å². The van der Waals surface area contributed by atoms with E-state index in [2.05, 4.69) is 11.4 Å². The van der Waals surface area contributed by atoms with Gasteiger partial charge in [0.1, 0.15) is 11.2 Å². The molecule has 1 aliphatic heterocycles. The third-order valence-electron chi connectivity index (χ3n) is 7.11. The summed E-state index contributed by atoms with van der Waals surface area (Å²) < 4.78 is 11.8. The number of epoxide rings is 1. The van der Waals surface area contributed by atoms with Crippen molar-refractivity contribution in [2.24, 2.45) is 11.8 Å². The van der Waals surface area contributed by atoms with Gasteiger partial charge in [0.2, 0.25) is 0 Å². The molecule has 0 radical (unpaired) electrons. The van der Waals surface area contributed by atoms with E-state index in [1.165, 1.54) is 19.1 Å². The average Bonchev–Trinajstić information content (AvgIpc) is 3.28. The summed E-state index contributed by atoms with van der Waals surface area (Å²) in [5.74, 6) is -1.05. The fraction of sp³-hybridized carbons (Fsp3) is 0.818. The highest BCUT2D eigenvalue weighted by atomic mass is 35.5. The fourth-order valence-electron chi connectivity index (χ4n) is 5.02. The Bertz CT molecular complexity index is 674. The van der Waals surface area contributed by atoms with E-state index in [4.69, 9.17) is 21.1 Å². The molecule has 3 rings (SSSR count). The third-order valence-corrected chi connectivity index (χ3v) is 7.44. The summed E-state index contributed by atoms with van der Waals surface area (Å²) in [6.07, 6.45) is 5.88. The van der Waals surface area contributed by atoms with E-state index >= 15 is 0 Å². The van der Waals surface area contributed by atoms with Crippen LogP contribution in [0.2, 0.25) is 0 Å². The van der Waals surface area contributed by atoms with Crippen molar-refractivity contribution in [1.29, 1.82) is 0 Å². The van der Waals surface area contributed by atoms with E-state index in [1.807, 2.05) is 20.8 Å². The molecular formula is C22H34ClNO5. The van der Waals surface area contributed by atoms with Gasteiger partial charge in [0.05, 0.1) is 24.7 Å². The van der Waals surface area contributed by atoms with E-state index in [0.717, 1.165) is 12.8 Å². The monoisotopic (exact) mass is 427 g/mol.